The Balaban J connectivity index is 1.51. The third kappa shape index (κ3) is 5.19. The fourth-order valence-corrected chi connectivity index (χ4v) is 3.04. The van der Waals surface area contributed by atoms with Crippen LogP contribution >= 0.6 is 11.8 Å². The van der Waals surface area contributed by atoms with E-state index in [0.717, 1.165) is 17.4 Å². The normalized spacial score (nSPS) is 10.8. The number of tetrazole rings is 1. The second kappa shape index (κ2) is 9.18. The van der Waals surface area contributed by atoms with Gasteiger partial charge in [0.15, 0.2) is 0 Å². The van der Waals surface area contributed by atoms with Crippen LogP contribution in [0.15, 0.2) is 52.2 Å². The van der Waals surface area contributed by atoms with E-state index < -0.39 is 11.9 Å². The molecule has 10 heteroatoms. The minimum atomic E-state index is -0.592. The van der Waals surface area contributed by atoms with Gasteiger partial charge in [-0.3, -0.25) is 10.1 Å². The van der Waals surface area contributed by atoms with E-state index in [-0.39, 0.29) is 12.3 Å². The molecule has 0 saturated carbocycles. The van der Waals surface area contributed by atoms with Crippen LogP contribution in [0.2, 0.25) is 0 Å². The molecule has 0 aliphatic carbocycles. The zero-order valence-electron chi connectivity index (χ0n) is 15.5. The Morgan fingerprint density at radius 1 is 1.21 bits per heavy atom. The van der Waals surface area contributed by atoms with Gasteiger partial charge in [-0.2, -0.15) is 4.68 Å². The Morgan fingerprint density at radius 2 is 2.00 bits per heavy atom. The first-order chi connectivity index (χ1) is 13.5. The Kier molecular flexibility index (Phi) is 6.43. The third-order valence-corrected chi connectivity index (χ3v) is 4.75. The van der Waals surface area contributed by atoms with E-state index in [2.05, 4.69) is 40.0 Å². The summed E-state index contributed by atoms with van der Waals surface area (Å²) in [5.41, 5.74) is 2.01. The standard InChI is InChI=1S/C18H20N6O3S/c1-12(2)13-5-7-14(8-6-13)24-18(21-22-23-24)28-11-16(25)20-17(26)19-10-15-4-3-9-27-15/h3-9,12H,10-11H2,1-2H3,(H2,19,20,25,26). The van der Waals surface area contributed by atoms with Crippen molar-refractivity contribution in [3.63, 3.8) is 0 Å². The molecule has 0 aliphatic heterocycles. The van der Waals surface area contributed by atoms with Crippen LogP contribution < -0.4 is 10.6 Å². The highest BCUT2D eigenvalue weighted by Crippen LogP contribution is 2.20. The lowest BCUT2D eigenvalue weighted by Gasteiger charge is -2.08. The molecule has 0 spiro atoms. The molecule has 3 amide bonds. The summed E-state index contributed by atoms with van der Waals surface area (Å²) in [6.45, 7) is 4.44. The number of amides is 3. The van der Waals surface area contributed by atoms with E-state index in [0.29, 0.717) is 16.8 Å². The lowest BCUT2D eigenvalue weighted by molar-refractivity contribution is -0.117. The van der Waals surface area contributed by atoms with E-state index in [4.69, 9.17) is 4.42 Å². The van der Waals surface area contributed by atoms with Crippen molar-refractivity contribution in [1.29, 1.82) is 0 Å². The minimum absolute atomic E-state index is 0.00137. The average molecular weight is 400 g/mol. The summed E-state index contributed by atoms with van der Waals surface area (Å²) in [5.74, 6) is 0.573. The molecule has 146 valence electrons. The minimum Gasteiger partial charge on any atom is -0.467 e. The first-order valence-corrected chi connectivity index (χ1v) is 9.63. The van der Waals surface area contributed by atoms with Crippen LogP contribution in [0.25, 0.3) is 5.69 Å². The molecule has 3 rings (SSSR count). The maximum atomic E-state index is 12.0. The first kappa shape index (κ1) is 19.6. The highest BCUT2D eigenvalue weighted by molar-refractivity contribution is 7.99. The SMILES string of the molecule is CC(C)c1ccc(-n2nnnc2SCC(=O)NC(=O)NCc2ccco2)cc1. The highest BCUT2D eigenvalue weighted by atomic mass is 32.2. The molecule has 9 nitrogen and oxygen atoms in total. The average Bonchev–Trinajstić information content (AvgIpc) is 3.36. The monoisotopic (exact) mass is 400 g/mol. The van der Waals surface area contributed by atoms with Crippen LogP contribution in [0.1, 0.15) is 31.1 Å². The van der Waals surface area contributed by atoms with Crippen LogP contribution in [0.4, 0.5) is 4.79 Å². The molecule has 2 N–H and O–H groups in total. The summed E-state index contributed by atoms with van der Waals surface area (Å²) < 4.78 is 6.66. The van der Waals surface area contributed by atoms with Gasteiger partial charge in [-0.15, -0.1) is 5.10 Å². The van der Waals surface area contributed by atoms with E-state index in [1.165, 1.54) is 11.8 Å². The summed E-state index contributed by atoms with van der Waals surface area (Å²) in [6, 6.07) is 10.8. The number of hydrogen-bond acceptors (Lipinski definition) is 7. The predicted octanol–water partition coefficient (Wildman–Crippen LogP) is 2.50. The Morgan fingerprint density at radius 3 is 2.68 bits per heavy atom. The Labute approximate surface area is 165 Å². The summed E-state index contributed by atoms with van der Waals surface area (Å²) >= 11 is 1.14. The van der Waals surface area contributed by atoms with E-state index in [9.17, 15) is 9.59 Å². The number of furan rings is 1. The van der Waals surface area contributed by atoms with Crippen LogP contribution in [-0.2, 0) is 11.3 Å². The van der Waals surface area contributed by atoms with Gasteiger partial charge in [-0.1, -0.05) is 37.7 Å². The molecule has 2 aromatic heterocycles. The number of carbonyl (C=O) groups is 2. The number of nitrogens with one attached hydrogen (secondary N) is 2. The van der Waals surface area contributed by atoms with E-state index >= 15 is 0 Å². The number of hydrogen-bond donors (Lipinski definition) is 2. The smallest absolute Gasteiger partial charge is 0.321 e. The second-order valence-electron chi connectivity index (χ2n) is 6.22. The van der Waals surface area contributed by atoms with Crippen molar-refractivity contribution in [1.82, 2.24) is 30.8 Å². The van der Waals surface area contributed by atoms with Gasteiger partial charge >= 0.3 is 6.03 Å². The lowest BCUT2D eigenvalue weighted by Crippen LogP contribution is -2.39. The first-order valence-electron chi connectivity index (χ1n) is 8.64. The van der Waals surface area contributed by atoms with Crippen molar-refractivity contribution in [3.8, 4) is 5.69 Å². The molecule has 0 saturated heterocycles. The van der Waals surface area contributed by atoms with Crippen LogP contribution in [0.5, 0.6) is 0 Å². The fourth-order valence-electron chi connectivity index (χ4n) is 2.35. The molecule has 28 heavy (non-hydrogen) atoms. The third-order valence-electron chi connectivity index (χ3n) is 3.83. The van der Waals surface area contributed by atoms with Gasteiger partial charge in [0.05, 0.1) is 24.2 Å². The number of imide groups is 1. The zero-order chi connectivity index (χ0) is 19.9. The fraction of sp³-hybridized carbons (Fsp3) is 0.278. The van der Waals surface area contributed by atoms with Gasteiger partial charge in [0.1, 0.15) is 5.76 Å². The predicted molar refractivity (Wildman–Crippen MR) is 103 cm³/mol. The molecule has 2 heterocycles. The number of thioether (sulfide) groups is 1. The van der Waals surface area contributed by atoms with Crippen LogP contribution in [0.3, 0.4) is 0 Å². The van der Waals surface area contributed by atoms with Crippen molar-refractivity contribution in [2.75, 3.05) is 5.75 Å². The number of benzene rings is 1. The van der Waals surface area contributed by atoms with Crippen LogP contribution in [0, 0.1) is 0 Å². The topological polar surface area (TPSA) is 115 Å². The largest absolute Gasteiger partial charge is 0.467 e. The van der Waals surface area contributed by atoms with Gasteiger partial charge in [-0.05, 0) is 46.2 Å². The molecular formula is C18H20N6O3S. The number of carbonyl (C=O) groups excluding carboxylic acids is 2. The highest BCUT2D eigenvalue weighted by Gasteiger charge is 2.14. The molecule has 0 radical (unpaired) electrons. The van der Waals surface area contributed by atoms with Gasteiger partial charge in [0, 0.05) is 0 Å². The molecule has 0 atom stereocenters. The number of rotatable bonds is 7. The number of aromatic nitrogens is 4. The van der Waals surface area contributed by atoms with Crippen molar-refractivity contribution in [3.05, 3.63) is 54.0 Å². The number of urea groups is 1. The lowest BCUT2D eigenvalue weighted by atomic mass is 10.0. The van der Waals surface area contributed by atoms with Gasteiger partial charge in [0.2, 0.25) is 11.1 Å². The zero-order valence-corrected chi connectivity index (χ0v) is 16.3. The van der Waals surface area contributed by atoms with E-state index in [1.807, 2.05) is 24.3 Å². The van der Waals surface area contributed by atoms with Gasteiger partial charge in [-0.25, -0.2) is 4.79 Å². The number of nitrogens with zero attached hydrogens (tertiary/aromatic N) is 4. The van der Waals surface area contributed by atoms with E-state index in [1.54, 1.807) is 16.8 Å². The Hall–Kier alpha value is -3.14. The van der Waals surface area contributed by atoms with Crippen LogP contribution in [-0.4, -0.2) is 37.9 Å². The maximum Gasteiger partial charge on any atom is 0.321 e. The quantitative estimate of drug-likeness (QED) is 0.586. The van der Waals surface area contributed by atoms with Crippen molar-refractivity contribution < 1.29 is 14.0 Å². The molecular weight excluding hydrogens is 380 g/mol. The van der Waals surface area contributed by atoms with Crippen molar-refractivity contribution >= 4 is 23.7 Å². The molecule has 0 unspecified atom stereocenters. The molecule has 0 bridgehead atoms. The molecule has 1 aromatic carbocycles. The van der Waals surface area contributed by atoms with Crippen molar-refractivity contribution in [2.45, 2.75) is 31.5 Å². The molecule has 0 fully saturated rings. The van der Waals surface area contributed by atoms with Gasteiger partial charge < -0.3 is 9.73 Å². The second-order valence-corrected chi connectivity index (χ2v) is 7.16. The maximum absolute atomic E-state index is 12.0. The molecule has 0 aliphatic rings. The summed E-state index contributed by atoms with van der Waals surface area (Å²) in [5, 5.41) is 16.8. The Bertz CT molecular complexity index is 921. The molecule has 3 aromatic rings. The summed E-state index contributed by atoms with van der Waals surface area (Å²) in [6.07, 6.45) is 1.51. The summed E-state index contributed by atoms with van der Waals surface area (Å²) in [7, 11) is 0. The van der Waals surface area contributed by atoms with Gasteiger partial charge in [0.25, 0.3) is 0 Å². The summed E-state index contributed by atoms with van der Waals surface area (Å²) in [4.78, 5) is 23.7. The van der Waals surface area contributed by atoms with Crippen molar-refractivity contribution in [2.24, 2.45) is 0 Å².